The Labute approximate surface area is 163 Å². The number of methoxy groups -OCH3 is 1. The molecule has 28 heavy (non-hydrogen) atoms. The molecule has 0 radical (unpaired) electrons. The first-order valence-electron chi connectivity index (χ1n) is 8.58. The fourth-order valence-corrected chi connectivity index (χ4v) is 3.55. The van der Waals surface area contributed by atoms with Crippen LogP contribution in [0.1, 0.15) is 10.4 Å². The molecule has 0 atom stereocenters. The van der Waals surface area contributed by atoms with Gasteiger partial charge in [-0.25, -0.2) is 4.98 Å². The maximum atomic E-state index is 12.6. The standard InChI is InChI=1S/C19H17N5O3S/c1-27-10-9-20-16(25)12-5-4-6-13(11-12)21-18-23-24-17(26)14-7-2-3-8-15(14)22-19(24)28-18/h2-8,11H,9-10H2,1H3,(H,20,25)(H,21,23). The van der Waals surface area contributed by atoms with E-state index in [9.17, 15) is 9.59 Å². The van der Waals surface area contributed by atoms with Crippen molar-refractivity contribution in [2.45, 2.75) is 0 Å². The van der Waals surface area contributed by atoms with Crippen molar-refractivity contribution in [2.75, 3.05) is 25.6 Å². The molecule has 1 amide bonds. The molecule has 2 N–H and O–H groups in total. The van der Waals surface area contributed by atoms with Crippen molar-refractivity contribution in [2.24, 2.45) is 0 Å². The fraction of sp³-hybridized carbons (Fsp3) is 0.158. The summed E-state index contributed by atoms with van der Waals surface area (Å²) in [5, 5.41) is 11.3. The second-order valence-electron chi connectivity index (χ2n) is 5.99. The number of benzene rings is 2. The number of amides is 1. The Morgan fingerprint density at radius 1 is 1.21 bits per heavy atom. The number of hydrogen-bond acceptors (Lipinski definition) is 7. The second-order valence-corrected chi connectivity index (χ2v) is 6.95. The number of rotatable bonds is 6. The monoisotopic (exact) mass is 395 g/mol. The summed E-state index contributed by atoms with van der Waals surface area (Å²) in [7, 11) is 1.58. The smallest absolute Gasteiger partial charge is 0.283 e. The molecule has 0 unspecified atom stereocenters. The van der Waals surface area contributed by atoms with Crippen LogP contribution in [0.4, 0.5) is 10.8 Å². The molecule has 0 aliphatic carbocycles. The van der Waals surface area contributed by atoms with Gasteiger partial charge in [-0.1, -0.05) is 29.5 Å². The minimum absolute atomic E-state index is 0.186. The lowest BCUT2D eigenvalue weighted by Gasteiger charge is -2.07. The first-order valence-corrected chi connectivity index (χ1v) is 9.40. The molecular weight excluding hydrogens is 378 g/mol. The van der Waals surface area contributed by atoms with E-state index in [1.807, 2.05) is 12.1 Å². The van der Waals surface area contributed by atoms with E-state index < -0.39 is 0 Å². The Morgan fingerprint density at radius 3 is 2.93 bits per heavy atom. The van der Waals surface area contributed by atoms with Crippen LogP contribution in [0.15, 0.2) is 53.3 Å². The van der Waals surface area contributed by atoms with Gasteiger partial charge in [0.2, 0.25) is 10.1 Å². The van der Waals surface area contributed by atoms with Gasteiger partial charge in [0, 0.05) is 24.9 Å². The number of nitrogens with zero attached hydrogens (tertiary/aromatic N) is 3. The number of hydrogen-bond donors (Lipinski definition) is 2. The highest BCUT2D eigenvalue weighted by Gasteiger charge is 2.11. The normalized spacial score (nSPS) is 11.0. The summed E-state index contributed by atoms with van der Waals surface area (Å²) in [6, 6.07) is 14.2. The minimum Gasteiger partial charge on any atom is -0.383 e. The lowest BCUT2D eigenvalue weighted by molar-refractivity contribution is 0.0937. The Bertz CT molecular complexity index is 1220. The van der Waals surface area contributed by atoms with E-state index in [2.05, 4.69) is 20.7 Å². The third kappa shape index (κ3) is 3.57. The van der Waals surface area contributed by atoms with Crippen molar-refractivity contribution in [1.29, 1.82) is 0 Å². The summed E-state index contributed by atoms with van der Waals surface area (Å²) in [4.78, 5) is 29.8. The van der Waals surface area contributed by atoms with E-state index in [1.165, 1.54) is 15.9 Å². The molecule has 9 heteroatoms. The second kappa shape index (κ2) is 7.75. The van der Waals surface area contributed by atoms with Crippen molar-refractivity contribution >= 4 is 43.9 Å². The largest absolute Gasteiger partial charge is 0.383 e. The molecule has 2 heterocycles. The molecule has 0 spiro atoms. The Morgan fingerprint density at radius 2 is 2.07 bits per heavy atom. The number of carbonyl (C=O) groups is 1. The van der Waals surface area contributed by atoms with Crippen molar-refractivity contribution in [3.05, 3.63) is 64.4 Å². The summed E-state index contributed by atoms with van der Waals surface area (Å²) >= 11 is 1.26. The first kappa shape index (κ1) is 18.1. The van der Waals surface area contributed by atoms with E-state index in [0.29, 0.717) is 45.4 Å². The van der Waals surface area contributed by atoms with Gasteiger partial charge in [0.25, 0.3) is 11.5 Å². The molecule has 2 aromatic carbocycles. The van der Waals surface area contributed by atoms with Crippen molar-refractivity contribution in [1.82, 2.24) is 19.9 Å². The molecule has 0 fully saturated rings. The van der Waals surface area contributed by atoms with Crippen LogP contribution < -0.4 is 16.2 Å². The van der Waals surface area contributed by atoms with Crippen molar-refractivity contribution in [3.63, 3.8) is 0 Å². The average Bonchev–Trinajstić information content (AvgIpc) is 3.11. The molecule has 0 aliphatic heterocycles. The highest BCUT2D eigenvalue weighted by atomic mass is 32.1. The number of fused-ring (bicyclic) bond motifs is 2. The van der Waals surface area contributed by atoms with Crippen LogP contribution >= 0.6 is 11.3 Å². The van der Waals surface area contributed by atoms with Crippen LogP contribution in [0.5, 0.6) is 0 Å². The van der Waals surface area contributed by atoms with Gasteiger partial charge in [-0.15, -0.1) is 5.10 Å². The number of carbonyl (C=O) groups excluding carboxylic acids is 1. The van der Waals surface area contributed by atoms with E-state index in [4.69, 9.17) is 4.74 Å². The molecule has 8 nitrogen and oxygen atoms in total. The maximum Gasteiger partial charge on any atom is 0.283 e. The summed E-state index contributed by atoms with van der Waals surface area (Å²) < 4.78 is 6.22. The number of anilines is 2. The number of para-hydroxylation sites is 1. The van der Waals surface area contributed by atoms with E-state index in [-0.39, 0.29) is 11.5 Å². The van der Waals surface area contributed by atoms with Crippen LogP contribution in [0.3, 0.4) is 0 Å². The molecule has 142 valence electrons. The molecule has 0 saturated heterocycles. The van der Waals surface area contributed by atoms with Gasteiger partial charge in [-0.05, 0) is 30.3 Å². The lowest BCUT2D eigenvalue weighted by atomic mass is 10.2. The van der Waals surface area contributed by atoms with E-state index in [0.717, 1.165) is 0 Å². The van der Waals surface area contributed by atoms with Gasteiger partial charge in [-0.3, -0.25) is 9.59 Å². The molecule has 0 bridgehead atoms. The Balaban J connectivity index is 1.61. The summed E-state index contributed by atoms with van der Waals surface area (Å²) in [6.07, 6.45) is 0. The van der Waals surface area contributed by atoms with E-state index >= 15 is 0 Å². The highest BCUT2D eigenvalue weighted by Crippen LogP contribution is 2.23. The zero-order chi connectivity index (χ0) is 19.5. The number of aromatic nitrogens is 3. The van der Waals surface area contributed by atoms with Crippen LogP contribution in [-0.2, 0) is 4.74 Å². The zero-order valence-electron chi connectivity index (χ0n) is 15.0. The molecule has 2 aromatic heterocycles. The molecular formula is C19H17N5O3S. The fourth-order valence-electron chi connectivity index (χ4n) is 2.74. The third-order valence-corrected chi connectivity index (χ3v) is 4.89. The average molecular weight is 395 g/mol. The minimum atomic E-state index is -0.212. The van der Waals surface area contributed by atoms with Gasteiger partial charge in [0.1, 0.15) is 0 Å². The molecule has 4 aromatic rings. The number of nitrogens with one attached hydrogen (secondary N) is 2. The molecule has 4 rings (SSSR count). The Kier molecular flexibility index (Phi) is 5.00. The van der Waals surface area contributed by atoms with Gasteiger partial charge < -0.3 is 15.4 Å². The maximum absolute atomic E-state index is 12.6. The summed E-state index contributed by atoms with van der Waals surface area (Å²) in [5.41, 5.74) is 1.63. The van der Waals surface area contributed by atoms with Gasteiger partial charge in [-0.2, -0.15) is 4.52 Å². The Hall–Kier alpha value is -3.30. The number of ether oxygens (including phenoxy) is 1. The van der Waals surface area contributed by atoms with Crippen molar-refractivity contribution in [3.8, 4) is 0 Å². The van der Waals surface area contributed by atoms with Gasteiger partial charge >= 0.3 is 0 Å². The van der Waals surface area contributed by atoms with E-state index in [1.54, 1.807) is 43.5 Å². The first-order chi connectivity index (χ1) is 13.7. The van der Waals surface area contributed by atoms with Crippen molar-refractivity contribution < 1.29 is 9.53 Å². The SMILES string of the molecule is COCCNC(=O)c1cccc(Nc2nn3c(=O)c4ccccc4nc3s2)c1. The van der Waals surface area contributed by atoms with Crippen LogP contribution in [-0.4, -0.2) is 40.8 Å². The van der Waals surface area contributed by atoms with Gasteiger partial charge in [0.05, 0.1) is 17.5 Å². The lowest BCUT2D eigenvalue weighted by Crippen LogP contribution is -2.26. The van der Waals surface area contributed by atoms with Crippen LogP contribution in [0.2, 0.25) is 0 Å². The predicted octanol–water partition coefficient (Wildman–Crippen LogP) is 2.42. The summed E-state index contributed by atoms with van der Waals surface area (Å²) in [5.74, 6) is -0.186. The molecule has 0 aliphatic rings. The predicted molar refractivity (Wildman–Crippen MR) is 109 cm³/mol. The quantitative estimate of drug-likeness (QED) is 0.487. The zero-order valence-corrected chi connectivity index (χ0v) is 15.8. The summed E-state index contributed by atoms with van der Waals surface area (Å²) in [6.45, 7) is 0.887. The van der Waals surface area contributed by atoms with Crippen LogP contribution in [0.25, 0.3) is 15.9 Å². The highest BCUT2D eigenvalue weighted by molar-refractivity contribution is 7.20. The topological polar surface area (TPSA) is 97.6 Å². The van der Waals surface area contributed by atoms with Crippen LogP contribution in [0, 0.1) is 0 Å². The molecule has 0 saturated carbocycles. The van der Waals surface area contributed by atoms with Gasteiger partial charge in [0.15, 0.2) is 0 Å². The third-order valence-electron chi connectivity index (χ3n) is 4.07.